The Morgan fingerprint density at radius 3 is 2.57 bits per heavy atom. The summed E-state index contributed by atoms with van der Waals surface area (Å²) in [5.74, 6) is -0.180. The van der Waals surface area contributed by atoms with Gasteiger partial charge in [0.25, 0.3) is 5.91 Å². The Morgan fingerprint density at radius 1 is 1.25 bits per heavy atom. The van der Waals surface area contributed by atoms with E-state index in [1.165, 1.54) is 15.3 Å². The fourth-order valence-electron chi connectivity index (χ4n) is 3.14. The van der Waals surface area contributed by atoms with Crippen LogP contribution in [0.3, 0.4) is 0 Å². The molecule has 0 aliphatic rings. The molecule has 0 bridgehead atoms. The molecule has 1 atom stereocenters. The number of carbonyl (C=O) groups excluding carboxylic acids is 1. The van der Waals surface area contributed by atoms with Crippen LogP contribution in [-0.2, 0) is 6.54 Å². The maximum Gasteiger partial charge on any atom is 0.256 e. The summed E-state index contributed by atoms with van der Waals surface area (Å²) in [4.78, 5) is 15.4. The van der Waals surface area contributed by atoms with Crippen LogP contribution in [0.25, 0.3) is 0 Å². The number of aromatic nitrogens is 2. The normalized spacial score (nSPS) is 12.4. The summed E-state index contributed by atoms with van der Waals surface area (Å²) in [6, 6.07) is 12.6. The van der Waals surface area contributed by atoms with Gasteiger partial charge in [-0.25, -0.2) is 4.68 Å². The van der Waals surface area contributed by atoms with Gasteiger partial charge >= 0.3 is 0 Å². The molecule has 0 spiro atoms. The van der Waals surface area contributed by atoms with E-state index in [1.807, 2.05) is 25.1 Å². The highest BCUT2D eigenvalue weighted by molar-refractivity contribution is 7.10. The Hall–Kier alpha value is -2.15. The van der Waals surface area contributed by atoms with Crippen molar-refractivity contribution in [2.24, 2.45) is 0 Å². The van der Waals surface area contributed by atoms with Gasteiger partial charge in [-0.2, -0.15) is 5.10 Å². The fourth-order valence-corrected chi connectivity index (χ4v) is 4.42. The largest absolute Gasteiger partial charge is 0.345 e. The quantitative estimate of drug-likeness (QED) is 0.621. The van der Waals surface area contributed by atoms with E-state index in [0.717, 1.165) is 5.56 Å². The molecule has 1 amide bonds. The van der Waals surface area contributed by atoms with Crippen LogP contribution >= 0.6 is 22.9 Å². The summed E-state index contributed by atoms with van der Waals surface area (Å²) in [5.41, 5.74) is 3.39. The van der Waals surface area contributed by atoms with Gasteiger partial charge in [0.1, 0.15) is 11.2 Å². The first-order chi connectivity index (χ1) is 13.4. The van der Waals surface area contributed by atoms with Crippen molar-refractivity contribution >= 4 is 28.8 Å². The Kier molecular flexibility index (Phi) is 6.54. The molecule has 2 N–H and O–H groups in total. The molecule has 0 aliphatic heterocycles. The third-order valence-electron chi connectivity index (χ3n) is 4.80. The Bertz CT molecular complexity index is 932. The first-order valence-corrected chi connectivity index (χ1v) is 10.5. The molecule has 0 fully saturated rings. The molecule has 2 aromatic heterocycles. The summed E-state index contributed by atoms with van der Waals surface area (Å²) in [6.45, 7) is 4.95. The molecule has 0 unspecified atom stereocenters. The summed E-state index contributed by atoms with van der Waals surface area (Å²) < 4.78 is 1.68. The smallest absolute Gasteiger partial charge is 0.256 e. The Labute approximate surface area is 174 Å². The summed E-state index contributed by atoms with van der Waals surface area (Å²) in [5, 5.41) is 9.96. The van der Waals surface area contributed by atoms with Gasteiger partial charge in [-0.05, 0) is 30.9 Å². The lowest BCUT2D eigenvalue weighted by molar-refractivity contribution is -0.890. The molecule has 1 aromatic carbocycles. The number of aryl methyl sites for hydroxylation is 2. The zero-order valence-corrected chi connectivity index (χ0v) is 18.2. The molecule has 0 radical (unpaired) electrons. The van der Waals surface area contributed by atoms with E-state index in [-0.39, 0.29) is 11.9 Å². The number of halogens is 1. The number of carbonyl (C=O) groups is 1. The Morgan fingerprint density at radius 2 is 1.96 bits per heavy atom. The molecule has 0 aliphatic carbocycles. The molecular weight excluding hydrogens is 392 g/mol. The van der Waals surface area contributed by atoms with Gasteiger partial charge in [-0.3, -0.25) is 4.79 Å². The van der Waals surface area contributed by atoms with Gasteiger partial charge < -0.3 is 10.2 Å². The van der Waals surface area contributed by atoms with E-state index >= 15 is 0 Å². The highest BCUT2D eigenvalue weighted by Gasteiger charge is 2.24. The fraction of sp³-hybridized carbons (Fsp3) is 0.333. The molecular formula is C21H26ClN4OS+. The van der Waals surface area contributed by atoms with Gasteiger partial charge in [0.2, 0.25) is 0 Å². The van der Waals surface area contributed by atoms with Crippen molar-refractivity contribution in [3.8, 4) is 0 Å². The number of hydrogen-bond acceptors (Lipinski definition) is 3. The number of hydrogen-bond donors (Lipinski definition) is 2. The van der Waals surface area contributed by atoms with Crippen molar-refractivity contribution in [2.75, 3.05) is 20.6 Å². The van der Waals surface area contributed by atoms with Crippen LogP contribution in [0.15, 0.2) is 41.8 Å². The van der Waals surface area contributed by atoms with Gasteiger partial charge in [-0.15, -0.1) is 11.3 Å². The van der Waals surface area contributed by atoms with E-state index in [4.69, 9.17) is 11.6 Å². The van der Waals surface area contributed by atoms with Gasteiger partial charge in [0.05, 0.1) is 43.3 Å². The Balaban J connectivity index is 1.73. The van der Waals surface area contributed by atoms with E-state index in [0.29, 0.717) is 29.5 Å². The predicted octanol–water partition coefficient (Wildman–Crippen LogP) is 2.88. The number of rotatable bonds is 7. The van der Waals surface area contributed by atoms with Crippen LogP contribution in [0.4, 0.5) is 0 Å². The van der Waals surface area contributed by atoms with Crippen molar-refractivity contribution in [1.82, 2.24) is 15.1 Å². The predicted molar refractivity (Wildman–Crippen MR) is 114 cm³/mol. The molecule has 0 saturated carbocycles. The van der Waals surface area contributed by atoms with Crippen molar-refractivity contribution in [2.45, 2.75) is 26.4 Å². The maximum absolute atomic E-state index is 12.8. The van der Waals surface area contributed by atoms with Gasteiger partial charge in [-0.1, -0.05) is 47.5 Å². The second-order valence-corrected chi connectivity index (χ2v) is 8.59. The minimum atomic E-state index is -0.180. The summed E-state index contributed by atoms with van der Waals surface area (Å²) in [6.07, 6.45) is 0. The third-order valence-corrected chi connectivity index (χ3v) is 6.17. The third kappa shape index (κ3) is 4.63. The number of benzene rings is 1. The number of amides is 1. The lowest BCUT2D eigenvalue weighted by Crippen LogP contribution is -3.06. The first kappa shape index (κ1) is 20.6. The van der Waals surface area contributed by atoms with Crippen LogP contribution in [0, 0.1) is 13.8 Å². The zero-order chi connectivity index (χ0) is 20.3. The van der Waals surface area contributed by atoms with Crippen LogP contribution in [0.5, 0.6) is 0 Å². The van der Waals surface area contributed by atoms with Crippen molar-refractivity contribution < 1.29 is 9.69 Å². The van der Waals surface area contributed by atoms with Crippen LogP contribution in [0.1, 0.15) is 38.1 Å². The molecule has 0 saturated heterocycles. The van der Waals surface area contributed by atoms with E-state index < -0.39 is 0 Å². The van der Waals surface area contributed by atoms with Crippen molar-refractivity contribution in [3.63, 3.8) is 0 Å². The van der Waals surface area contributed by atoms with E-state index in [1.54, 1.807) is 16.0 Å². The molecule has 3 aromatic rings. The number of likely N-dealkylation sites (N-methyl/N-ethyl adjacent to an activating group) is 1. The van der Waals surface area contributed by atoms with Crippen molar-refractivity contribution in [1.29, 1.82) is 0 Å². The number of nitrogens with zero attached hydrogens (tertiary/aromatic N) is 2. The lowest BCUT2D eigenvalue weighted by Gasteiger charge is -2.20. The average Bonchev–Trinajstić information content (AvgIpc) is 3.25. The monoisotopic (exact) mass is 417 g/mol. The average molecular weight is 418 g/mol. The minimum Gasteiger partial charge on any atom is -0.345 e. The van der Waals surface area contributed by atoms with E-state index in [2.05, 4.69) is 55.0 Å². The minimum absolute atomic E-state index is 0.180. The first-order valence-electron chi connectivity index (χ1n) is 9.27. The highest BCUT2D eigenvalue weighted by Crippen LogP contribution is 2.22. The van der Waals surface area contributed by atoms with Crippen molar-refractivity contribution in [3.05, 3.63) is 74.2 Å². The molecule has 28 heavy (non-hydrogen) atoms. The highest BCUT2D eigenvalue weighted by atomic mass is 35.5. The lowest BCUT2D eigenvalue weighted by atomic mass is 10.1. The van der Waals surface area contributed by atoms with Gasteiger partial charge in [0.15, 0.2) is 0 Å². The standard InChI is InChI=1S/C21H25ClN4OS/c1-14-7-9-16(10-8-14)13-26-20(22)19(15(2)24-26)21(27)23-12-17(25(3)4)18-6-5-11-28-18/h5-11,17H,12-13H2,1-4H3,(H,23,27)/p+1/t17-/m1/s1. The molecule has 148 valence electrons. The molecule has 7 heteroatoms. The number of thiophene rings is 1. The van der Waals surface area contributed by atoms with E-state index in [9.17, 15) is 4.79 Å². The topological polar surface area (TPSA) is 51.4 Å². The number of nitrogens with one attached hydrogen (secondary N) is 2. The molecule has 2 heterocycles. The second-order valence-electron chi connectivity index (χ2n) is 7.25. The summed E-state index contributed by atoms with van der Waals surface area (Å²) in [7, 11) is 4.18. The van der Waals surface area contributed by atoms with Crippen LogP contribution in [0.2, 0.25) is 5.15 Å². The van der Waals surface area contributed by atoms with Crippen LogP contribution < -0.4 is 10.2 Å². The SMILES string of the molecule is Cc1ccc(Cn2nc(C)c(C(=O)NC[C@H](c3cccs3)[NH+](C)C)c2Cl)cc1. The maximum atomic E-state index is 12.8. The van der Waals surface area contributed by atoms with Crippen LogP contribution in [-0.4, -0.2) is 36.3 Å². The number of quaternary nitrogens is 1. The molecule has 5 nitrogen and oxygen atoms in total. The molecule has 3 rings (SSSR count). The summed E-state index contributed by atoms with van der Waals surface area (Å²) >= 11 is 8.22. The zero-order valence-electron chi connectivity index (χ0n) is 16.6. The van der Waals surface area contributed by atoms with Gasteiger partial charge in [0, 0.05) is 0 Å². The second kappa shape index (κ2) is 8.90.